The first-order valence-corrected chi connectivity index (χ1v) is 9.14. The molecule has 1 spiro atoms. The van der Waals surface area contributed by atoms with Gasteiger partial charge in [0, 0.05) is 25.3 Å². The molecule has 0 aliphatic carbocycles. The molecule has 0 saturated carbocycles. The molecule has 1 atom stereocenters. The molecule has 2 fully saturated rings. The number of carbonyl (C=O) groups excluding carboxylic acids is 2. The highest BCUT2D eigenvalue weighted by Crippen LogP contribution is 2.38. The van der Waals surface area contributed by atoms with Crippen LogP contribution in [-0.4, -0.2) is 47.7 Å². The summed E-state index contributed by atoms with van der Waals surface area (Å²) in [4.78, 5) is 26.4. The summed E-state index contributed by atoms with van der Waals surface area (Å²) in [5.41, 5.74) is 1.54. The second kappa shape index (κ2) is 7.44. The number of piperidine rings is 2. The van der Waals surface area contributed by atoms with E-state index in [4.69, 9.17) is 0 Å². The minimum atomic E-state index is -0.518. The number of carbonyl (C=O) groups is 2. The Bertz CT molecular complexity index is 621. The smallest absolute Gasteiger partial charge is 0.321 e. The standard InChI is InChI=1S/C19H27N3O3/c1-2-3-14-4-6-15(7-5-14)21-18(25)22-10-8-19(9-11-22)12-16(23)13-20-17(19)24/h4-7,16,23H,2-3,8-13H2,1H3,(H,20,24)(H,21,25). The summed E-state index contributed by atoms with van der Waals surface area (Å²) in [6.45, 7) is 3.53. The van der Waals surface area contributed by atoms with Crippen LogP contribution in [0.2, 0.25) is 0 Å². The molecule has 1 unspecified atom stereocenters. The number of urea groups is 1. The number of likely N-dealkylation sites (tertiary alicyclic amines) is 1. The van der Waals surface area contributed by atoms with Gasteiger partial charge in [-0.3, -0.25) is 4.79 Å². The number of anilines is 1. The van der Waals surface area contributed by atoms with Crippen LogP contribution in [0.1, 0.15) is 38.2 Å². The lowest BCUT2D eigenvalue weighted by Crippen LogP contribution is -2.56. The van der Waals surface area contributed by atoms with Crippen LogP contribution in [0.25, 0.3) is 0 Å². The molecule has 6 heteroatoms. The summed E-state index contributed by atoms with van der Waals surface area (Å²) in [6.07, 6.45) is 3.34. The Morgan fingerprint density at radius 3 is 2.64 bits per heavy atom. The van der Waals surface area contributed by atoms with Crippen LogP contribution in [0.5, 0.6) is 0 Å². The molecule has 136 valence electrons. The zero-order valence-corrected chi connectivity index (χ0v) is 14.8. The number of hydrogen-bond donors (Lipinski definition) is 3. The first kappa shape index (κ1) is 17.7. The highest BCUT2D eigenvalue weighted by molar-refractivity contribution is 5.90. The zero-order chi connectivity index (χ0) is 17.9. The highest BCUT2D eigenvalue weighted by Gasteiger charge is 2.45. The van der Waals surface area contributed by atoms with Crippen molar-refractivity contribution < 1.29 is 14.7 Å². The SMILES string of the molecule is CCCc1ccc(NC(=O)N2CCC3(CC2)CC(O)CNC3=O)cc1. The Balaban J connectivity index is 1.55. The molecule has 3 amide bonds. The number of aliphatic hydroxyl groups is 1. The lowest BCUT2D eigenvalue weighted by molar-refractivity contribution is -0.140. The number of amides is 3. The van der Waals surface area contributed by atoms with E-state index >= 15 is 0 Å². The van der Waals surface area contributed by atoms with Crippen molar-refractivity contribution in [3.63, 3.8) is 0 Å². The topological polar surface area (TPSA) is 81.7 Å². The van der Waals surface area contributed by atoms with Gasteiger partial charge in [-0.25, -0.2) is 4.79 Å². The second-order valence-electron chi connectivity index (χ2n) is 7.21. The van der Waals surface area contributed by atoms with Crippen LogP contribution in [0, 0.1) is 5.41 Å². The molecule has 2 heterocycles. The lowest BCUT2D eigenvalue weighted by atomic mass is 9.71. The summed E-state index contributed by atoms with van der Waals surface area (Å²) >= 11 is 0. The van der Waals surface area contributed by atoms with Gasteiger partial charge >= 0.3 is 6.03 Å². The fourth-order valence-electron chi connectivity index (χ4n) is 3.83. The fourth-order valence-corrected chi connectivity index (χ4v) is 3.83. The molecular weight excluding hydrogens is 318 g/mol. The van der Waals surface area contributed by atoms with Gasteiger partial charge in [0.2, 0.25) is 5.91 Å². The minimum Gasteiger partial charge on any atom is -0.391 e. The number of aryl methyl sites for hydroxylation is 1. The van der Waals surface area contributed by atoms with Gasteiger partial charge in [-0.15, -0.1) is 0 Å². The number of aliphatic hydroxyl groups excluding tert-OH is 1. The predicted octanol–water partition coefficient (Wildman–Crippen LogP) is 2.13. The third-order valence-corrected chi connectivity index (χ3v) is 5.36. The monoisotopic (exact) mass is 345 g/mol. The second-order valence-corrected chi connectivity index (χ2v) is 7.21. The Morgan fingerprint density at radius 2 is 2.00 bits per heavy atom. The largest absolute Gasteiger partial charge is 0.391 e. The molecule has 6 nitrogen and oxygen atoms in total. The number of nitrogens with zero attached hydrogens (tertiary/aromatic N) is 1. The van der Waals surface area contributed by atoms with Gasteiger partial charge in [-0.05, 0) is 43.4 Å². The first-order valence-electron chi connectivity index (χ1n) is 9.14. The maximum absolute atomic E-state index is 12.5. The summed E-state index contributed by atoms with van der Waals surface area (Å²) in [5.74, 6) is 0.0179. The van der Waals surface area contributed by atoms with Crippen molar-refractivity contribution >= 4 is 17.6 Å². The summed E-state index contributed by atoms with van der Waals surface area (Å²) < 4.78 is 0. The van der Waals surface area contributed by atoms with Crippen molar-refractivity contribution in [1.82, 2.24) is 10.2 Å². The summed E-state index contributed by atoms with van der Waals surface area (Å²) in [6, 6.07) is 7.81. The Kier molecular flexibility index (Phi) is 5.27. The summed E-state index contributed by atoms with van der Waals surface area (Å²) in [7, 11) is 0. The van der Waals surface area contributed by atoms with Crippen LogP contribution >= 0.6 is 0 Å². The van der Waals surface area contributed by atoms with Gasteiger partial charge < -0.3 is 20.6 Å². The molecule has 2 aliphatic rings. The summed E-state index contributed by atoms with van der Waals surface area (Å²) in [5, 5.41) is 15.6. The zero-order valence-electron chi connectivity index (χ0n) is 14.8. The molecule has 3 N–H and O–H groups in total. The Morgan fingerprint density at radius 1 is 1.32 bits per heavy atom. The van der Waals surface area contributed by atoms with E-state index in [0.717, 1.165) is 18.5 Å². The van der Waals surface area contributed by atoms with Gasteiger partial charge in [0.25, 0.3) is 0 Å². The van der Waals surface area contributed by atoms with Gasteiger partial charge in [0.1, 0.15) is 0 Å². The molecule has 2 aliphatic heterocycles. The molecule has 0 bridgehead atoms. The average Bonchev–Trinajstić information content (AvgIpc) is 2.61. The van der Waals surface area contributed by atoms with E-state index in [2.05, 4.69) is 17.6 Å². The van der Waals surface area contributed by atoms with E-state index < -0.39 is 11.5 Å². The molecule has 1 aromatic carbocycles. The van der Waals surface area contributed by atoms with Gasteiger partial charge in [-0.2, -0.15) is 0 Å². The van der Waals surface area contributed by atoms with Crippen LogP contribution in [0.4, 0.5) is 10.5 Å². The molecule has 1 aromatic rings. The quantitative estimate of drug-likeness (QED) is 0.785. The number of β-amino-alcohol motifs (C(OH)–C–C–N with tert-alkyl or cyclic N) is 1. The van der Waals surface area contributed by atoms with E-state index in [1.54, 1.807) is 4.90 Å². The van der Waals surface area contributed by atoms with Crippen molar-refractivity contribution in [2.75, 3.05) is 25.0 Å². The van der Waals surface area contributed by atoms with Crippen LogP contribution in [0.3, 0.4) is 0 Å². The molecule has 3 rings (SSSR count). The highest BCUT2D eigenvalue weighted by atomic mass is 16.3. The maximum atomic E-state index is 12.5. The van der Waals surface area contributed by atoms with Crippen LogP contribution in [0.15, 0.2) is 24.3 Å². The van der Waals surface area contributed by atoms with E-state index in [9.17, 15) is 14.7 Å². The van der Waals surface area contributed by atoms with E-state index in [1.165, 1.54) is 5.56 Å². The fraction of sp³-hybridized carbons (Fsp3) is 0.579. The van der Waals surface area contributed by atoms with Crippen LogP contribution in [-0.2, 0) is 11.2 Å². The number of hydrogen-bond acceptors (Lipinski definition) is 3. The number of nitrogens with one attached hydrogen (secondary N) is 2. The molecule has 2 saturated heterocycles. The third kappa shape index (κ3) is 3.95. The molecule has 0 radical (unpaired) electrons. The average molecular weight is 345 g/mol. The van der Waals surface area contributed by atoms with E-state index in [0.29, 0.717) is 38.9 Å². The van der Waals surface area contributed by atoms with Crippen molar-refractivity contribution in [3.05, 3.63) is 29.8 Å². The van der Waals surface area contributed by atoms with E-state index in [-0.39, 0.29) is 11.9 Å². The minimum absolute atomic E-state index is 0.0179. The van der Waals surface area contributed by atoms with Crippen molar-refractivity contribution in [1.29, 1.82) is 0 Å². The maximum Gasteiger partial charge on any atom is 0.321 e. The molecule has 25 heavy (non-hydrogen) atoms. The first-order chi connectivity index (χ1) is 12.0. The number of rotatable bonds is 3. The van der Waals surface area contributed by atoms with Crippen molar-refractivity contribution in [3.8, 4) is 0 Å². The Hall–Kier alpha value is -2.08. The van der Waals surface area contributed by atoms with E-state index in [1.807, 2.05) is 24.3 Å². The van der Waals surface area contributed by atoms with Gasteiger partial charge in [0.15, 0.2) is 0 Å². The predicted molar refractivity (Wildman–Crippen MR) is 96.3 cm³/mol. The normalized spacial score (nSPS) is 22.6. The molecule has 0 aromatic heterocycles. The Labute approximate surface area is 148 Å². The van der Waals surface area contributed by atoms with Gasteiger partial charge in [0.05, 0.1) is 11.5 Å². The van der Waals surface area contributed by atoms with Gasteiger partial charge in [-0.1, -0.05) is 25.5 Å². The lowest BCUT2D eigenvalue weighted by Gasteiger charge is -2.44. The van der Waals surface area contributed by atoms with Crippen molar-refractivity contribution in [2.45, 2.75) is 45.1 Å². The third-order valence-electron chi connectivity index (χ3n) is 5.36. The number of benzene rings is 1. The van der Waals surface area contributed by atoms with Crippen LogP contribution < -0.4 is 10.6 Å². The molecular formula is C19H27N3O3. The van der Waals surface area contributed by atoms with Crippen molar-refractivity contribution in [2.24, 2.45) is 5.41 Å².